The van der Waals surface area contributed by atoms with Crippen molar-refractivity contribution in [3.8, 4) is 5.75 Å². The molecule has 2 aromatic carbocycles. The van der Waals surface area contributed by atoms with Crippen LogP contribution in [0.3, 0.4) is 0 Å². The maximum absolute atomic E-state index is 12.7. The van der Waals surface area contributed by atoms with E-state index in [1.54, 1.807) is 24.1 Å². The first-order chi connectivity index (χ1) is 9.84. The highest BCUT2D eigenvalue weighted by atomic mass is 19.4. The van der Waals surface area contributed by atoms with E-state index in [1.165, 1.54) is 13.2 Å². The zero-order chi connectivity index (χ0) is 15.6. The number of nitrogens with zero attached hydrogens (tertiary/aromatic N) is 1. The van der Waals surface area contributed by atoms with Gasteiger partial charge in [-0.1, -0.05) is 12.1 Å². The molecule has 0 aliphatic heterocycles. The van der Waals surface area contributed by atoms with Crippen LogP contribution in [0, 0.1) is 0 Å². The van der Waals surface area contributed by atoms with Crippen LogP contribution >= 0.6 is 0 Å². The van der Waals surface area contributed by atoms with Gasteiger partial charge in [0.25, 0.3) is 0 Å². The maximum atomic E-state index is 12.7. The van der Waals surface area contributed by atoms with Crippen molar-refractivity contribution >= 4 is 17.1 Å². The molecule has 0 spiro atoms. The number of halogens is 3. The van der Waals surface area contributed by atoms with Gasteiger partial charge in [-0.05, 0) is 30.3 Å². The van der Waals surface area contributed by atoms with Gasteiger partial charge in [0, 0.05) is 7.05 Å². The molecule has 0 amide bonds. The van der Waals surface area contributed by atoms with Crippen LogP contribution in [0.15, 0.2) is 42.5 Å². The zero-order valence-corrected chi connectivity index (χ0v) is 11.6. The minimum Gasteiger partial charge on any atom is -0.495 e. The van der Waals surface area contributed by atoms with E-state index in [-0.39, 0.29) is 5.69 Å². The van der Waals surface area contributed by atoms with Gasteiger partial charge in [-0.2, -0.15) is 13.2 Å². The van der Waals surface area contributed by atoms with Crippen molar-refractivity contribution in [1.82, 2.24) is 0 Å². The molecule has 0 bridgehead atoms. The van der Waals surface area contributed by atoms with Crippen LogP contribution in [-0.4, -0.2) is 14.2 Å². The number of rotatable bonds is 3. The fourth-order valence-corrected chi connectivity index (χ4v) is 2.07. The highest BCUT2D eigenvalue weighted by molar-refractivity contribution is 5.77. The van der Waals surface area contributed by atoms with Crippen LogP contribution in [0.4, 0.5) is 30.2 Å². The lowest BCUT2D eigenvalue weighted by Crippen LogP contribution is -2.14. The van der Waals surface area contributed by atoms with E-state index in [9.17, 15) is 13.2 Å². The monoisotopic (exact) mass is 296 g/mol. The first kappa shape index (κ1) is 15.0. The summed E-state index contributed by atoms with van der Waals surface area (Å²) < 4.78 is 43.2. The second kappa shape index (κ2) is 5.55. The summed E-state index contributed by atoms with van der Waals surface area (Å²) in [5, 5.41) is 0. The van der Waals surface area contributed by atoms with E-state index in [2.05, 4.69) is 0 Å². The lowest BCUT2D eigenvalue weighted by atomic mass is 10.1. The van der Waals surface area contributed by atoms with Gasteiger partial charge in [0.05, 0.1) is 29.7 Å². The molecule has 0 fully saturated rings. The molecular weight excluding hydrogens is 281 g/mol. The molecule has 0 aliphatic carbocycles. The Hall–Kier alpha value is -2.37. The Balaban J connectivity index is 2.42. The van der Waals surface area contributed by atoms with Gasteiger partial charge in [-0.3, -0.25) is 0 Å². The number of nitrogens with two attached hydrogens (primary N) is 1. The Morgan fingerprint density at radius 2 is 1.71 bits per heavy atom. The predicted octanol–water partition coefficient (Wildman–Crippen LogP) is 4.06. The number of anilines is 3. The van der Waals surface area contributed by atoms with Gasteiger partial charge in [-0.15, -0.1) is 0 Å². The van der Waals surface area contributed by atoms with E-state index < -0.39 is 11.7 Å². The third kappa shape index (κ3) is 3.04. The van der Waals surface area contributed by atoms with Crippen LogP contribution in [0.5, 0.6) is 5.75 Å². The summed E-state index contributed by atoms with van der Waals surface area (Å²) in [6.07, 6.45) is -4.41. The quantitative estimate of drug-likeness (QED) is 0.868. The first-order valence-electron chi connectivity index (χ1n) is 6.18. The highest BCUT2D eigenvalue weighted by Gasteiger charge is 2.31. The van der Waals surface area contributed by atoms with Gasteiger partial charge < -0.3 is 15.4 Å². The number of methoxy groups -OCH3 is 1. The molecule has 0 aliphatic rings. The Kier molecular flexibility index (Phi) is 3.97. The molecule has 2 rings (SSSR count). The zero-order valence-electron chi connectivity index (χ0n) is 11.6. The fraction of sp³-hybridized carbons (Fsp3) is 0.200. The highest BCUT2D eigenvalue weighted by Crippen LogP contribution is 2.38. The van der Waals surface area contributed by atoms with E-state index in [0.717, 1.165) is 12.1 Å². The molecule has 21 heavy (non-hydrogen) atoms. The average molecular weight is 296 g/mol. The molecule has 3 nitrogen and oxygen atoms in total. The Labute approximate surface area is 120 Å². The molecule has 0 unspecified atom stereocenters. The lowest BCUT2D eigenvalue weighted by Gasteiger charge is -2.23. The minimum absolute atomic E-state index is 0.0539. The van der Waals surface area contributed by atoms with Gasteiger partial charge in [0.2, 0.25) is 0 Å². The Morgan fingerprint density at radius 3 is 2.29 bits per heavy atom. The second-order valence-electron chi connectivity index (χ2n) is 4.50. The molecule has 2 aromatic rings. The smallest absolute Gasteiger partial charge is 0.416 e. The second-order valence-corrected chi connectivity index (χ2v) is 4.50. The molecule has 2 N–H and O–H groups in total. The molecule has 0 radical (unpaired) electrons. The van der Waals surface area contributed by atoms with E-state index in [0.29, 0.717) is 17.1 Å². The normalized spacial score (nSPS) is 11.3. The molecule has 0 atom stereocenters. The third-order valence-corrected chi connectivity index (χ3v) is 3.16. The van der Waals surface area contributed by atoms with Crippen LogP contribution in [-0.2, 0) is 6.18 Å². The summed E-state index contributed by atoms with van der Waals surface area (Å²) in [6.45, 7) is 0. The van der Waals surface area contributed by atoms with Crippen molar-refractivity contribution in [1.29, 1.82) is 0 Å². The number of ether oxygens (including phenoxy) is 1. The van der Waals surface area contributed by atoms with Crippen LogP contribution in [0.2, 0.25) is 0 Å². The summed E-state index contributed by atoms with van der Waals surface area (Å²) in [6, 6.07) is 10.5. The summed E-state index contributed by atoms with van der Waals surface area (Å²) >= 11 is 0. The summed E-state index contributed by atoms with van der Waals surface area (Å²) in [7, 11) is 3.25. The molecule has 0 saturated carbocycles. The number of hydrogen-bond acceptors (Lipinski definition) is 3. The molecule has 112 valence electrons. The number of benzene rings is 2. The number of nitrogen functional groups attached to an aromatic ring is 1. The molecule has 0 aromatic heterocycles. The summed E-state index contributed by atoms with van der Waals surface area (Å²) in [5.74, 6) is 0.610. The number of alkyl halides is 3. The van der Waals surface area contributed by atoms with Crippen molar-refractivity contribution in [2.24, 2.45) is 0 Å². The van der Waals surface area contributed by atoms with Gasteiger partial charge in [-0.25, -0.2) is 0 Å². The fourth-order valence-electron chi connectivity index (χ4n) is 2.07. The van der Waals surface area contributed by atoms with Crippen LogP contribution in [0.25, 0.3) is 0 Å². The Bertz CT molecular complexity index is 641. The van der Waals surface area contributed by atoms with Crippen molar-refractivity contribution in [3.05, 3.63) is 48.0 Å². The van der Waals surface area contributed by atoms with Crippen LogP contribution < -0.4 is 15.4 Å². The van der Waals surface area contributed by atoms with E-state index in [1.807, 2.05) is 12.1 Å². The average Bonchev–Trinajstić information content (AvgIpc) is 2.45. The Morgan fingerprint density at radius 1 is 1.05 bits per heavy atom. The SMILES string of the molecule is COc1ccccc1N(C)c1ccc(C(F)(F)F)cc1N. The van der Waals surface area contributed by atoms with Gasteiger partial charge in [0.15, 0.2) is 0 Å². The number of para-hydroxylation sites is 2. The van der Waals surface area contributed by atoms with Crippen molar-refractivity contribution in [2.75, 3.05) is 24.8 Å². The summed E-state index contributed by atoms with van der Waals surface area (Å²) in [4.78, 5) is 1.69. The molecule has 0 heterocycles. The summed E-state index contributed by atoms with van der Waals surface area (Å²) in [5.41, 5.74) is 6.25. The molecular formula is C15H15F3N2O. The van der Waals surface area contributed by atoms with Crippen molar-refractivity contribution in [3.63, 3.8) is 0 Å². The van der Waals surface area contributed by atoms with Crippen molar-refractivity contribution < 1.29 is 17.9 Å². The standard InChI is InChI=1S/C15H15F3N2O/c1-20(13-5-3-4-6-14(13)21-2)12-8-7-10(9-11(12)19)15(16,17)18/h3-9H,19H2,1-2H3. The number of hydrogen-bond donors (Lipinski definition) is 1. The van der Waals surface area contributed by atoms with Gasteiger partial charge >= 0.3 is 6.18 Å². The molecule has 6 heteroatoms. The lowest BCUT2D eigenvalue weighted by molar-refractivity contribution is -0.137. The maximum Gasteiger partial charge on any atom is 0.416 e. The topological polar surface area (TPSA) is 38.5 Å². The van der Waals surface area contributed by atoms with Crippen molar-refractivity contribution in [2.45, 2.75) is 6.18 Å². The van der Waals surface area contributed by atoms with E-state index >= 15 is 0 Å². The first-order valence-corrected chi connectivity index (χ1v) is 6.18. The molecule has 0 saturated heterocycles. The van der Waals surface area contributed by atoms with Gasteiger partial charge in [0.1, 0.15) is 5.75 Å². The largest absolute Gasteiger partial charge is 0.495 e. The van der Waals surface area contributed by atoms with Crippen LogP contribution in [0.1, 0.15) is 5.56 Å². The predicted molar refractivity (Wildman–Crippen MR) is 76.9 cm³/mol. The van der Waals surface area contributed by atoms with E-state index in [4.69, 9.17) is 10.5 Å². The third-order valence-electron chi connectivity index (χ3n) is 3.16. The minimum atomic E-state index is -4.41.